The molecule has 0 unspecified atom stereocenters. The lowest BCUT2D eigenvalue weighted by molar-refractivity contribution is 1.28. The Bertz CT molecular complexity index is 3530. The molecule has 0 aliphatic carbocycles. The quantitative estimate of drug-likeness (QED) is 0.140. The molecular formula is C62H43N. The Labute approximate surface area is 373 Å². The van der Waals surface area contributed by atoms with Crippen LogP contribution in [0, 0.1) is 0 Å². The Hall–Kier alpha value is -8.26. The Morgan fingerprint density at radius 3 is 1.46 bits per heavy atom. The molecule has 296 valence electrons. The van der Waals surface area contributed by atoms with Gasteiger partial charge >= 0.3 is 0 Å². The number of anilines is 3. The van der Waals surface area contributed by atoms with Gasteiger partial charge in [0, 0.05) is 16.9 Å². The van der Waals surface area contributed by atoms with Gasteiger partial charge in [-0.25, -0.2) is 0 Å². The largest absolute Gasteiger partial charge is 0.310 e. The molecule has 1 nitrogen and oxygen atoms in total. The molecule has 0 aromatic heterocycles. The summed E-state index contributed by atoms with van der Waals surface area (Å²) in [6.07, 6.45) is 0. The molecule has 11 aromatic rings. The van der Waals surface area contributed by atoms with E-state index in [0.717, 1.165) is 61.4 Å². The zero-order valence-electron chi connectivity index (χ0n) is 37.5. The van der Waals surface area contributed by atoms with Gasteiger partial charge < -0.3 is 4.90 Å². The van der Waals surface area contributed by atoms with E-state index in [9.17, 15) is 4.11 Å². The van der Waals surface area contributed by atoms with Gasteiger partial charge in [0.15, 0.2) is 0 Å². The smallest absolute Gasteiger partial charge is 0.0645 e. The summed E-state index contributed by atoms with van der Waals surface area (Å²) < 4.78 is 29.3. The second-order valence-electron chi connectivity index (χ2n) is 15.9. The lowest BCUT2D eigenvalue weighted by Crippen LogP contribution is -2.11. The first kappa shape index (κ1) is 34.5. The Balaban J connectivity index is 1.08. The fourth-order valence-corrected chi connectivity index (χ4v) is 8.81. The molecule has 0 N–H and O–H groups in total. The van der Waals surface area contributed by atoms with Crippen LogP contribution in [0.1, 0.15) is 4.11 Å². The van der Waals surface area contributed by atoms with E-state index in [-0.39, 0.29) is 18.1 Å². The van der Waals surface area contributed by atoms with Crippen molar-refractivity contribution in [2.75, 3.05) is 4.90 Å². The fraction of sp³-hybridized carbons (Fsp3) is 0. The highest BCUT2D eigenvalue weighted by molar-refractivity contribution is 6.04. The average Bonchev–Trinajstić information content (AvgIpc) is 3.38. The van der Waals surface area contributed by atoms with Crippen molar-refractivity contribution in [2.45, 2.75) is 0 Å². The third-order valence-electron chi connectivity index (χ3n) is 12.0. The second kappa shape index (κ2) is 16.7. The normalized spacial score (nSPS) is 11.8. The third kappa shape index (κ3) is 7.47. The van der Waals surface area contributed by atoms with Crippen molar-refractivity contribution in [3.63, 3.8) is 0 Å². The lowest BCUT2D eigenvalue weighted by Gasteiger charge is -2.29. The first-order chi connectivity index (χ1) is 32.5. The van der Waals surface area contributed by atoms with Crippen LogP contribution >= 0.6 is 0 Å². The van der Waals surface area contributed by atoms with E-state index in [4.69, 9.17) is 0 Å². The number of hydrogen-bond donors (Lipinski definition) is 0. The minimum absolute atomic E-state index is 0.00768. The molecular weight excluding hydrogens is 759 g/mol. The van der Waals surface area contributed by atoms with E-state index in [2.05, 4.69) is 187 Å². The number of hydrogen-bond acceptors (Lipinski definition) is 1. The van der Waals surface area contributed by atoms with Crippen molar-refractivity contribution in [1.82, 2.24) is 0 Å². The van der Waals surface area contributed by atoms with E-state index < -0.39 is 0 Å². The molecule has 11 aromatic carbocycles. The topological polar surface area (TPSA) is 3.24 Å². The molecule has 0 saturated heterocycles. The predicted octanol–water partition coefficient (Wildman–Crippen LogP) is 17.5. The first-order valence-corrected chi connectivity index (χ1v) is 21.4. The summed E-state index contributed by atoms with van der Waals surface area (Å²) in [4.78, 5) is 2.06. The van der Waals surface area contributed by atoms with Crippen LogP contribution < -0.4 is 4.90 Å². The van der Waals surface area contributed by atoms with Crippen molar-refractivity contribution in [2.24, 2.45) is 0 Å². The Morgan fingerprint density at radius 2 is 0.762 bits per heavy atom. The van der Waals surface area contributed by atoms with E-state index in [1.54, 1.807) is 0 Å². The van der Waals surface area contributed by atoms with Crippen LogP contribution in [0.2, 0.25) is 0 Å². The monoisotopic (exact) mass is 804 g/mol. The molecule has 0 bridgehead atoms. The Kier molecular flexibility index (Phi) is 9.11. The first-order valence-electron chi connectivity index (χ1n) is 22.9. The van der Waals surface area contributed by atoms with Crippen molar-refractivity contribution in [3.05, 3.63) is 261 Å². The zero-order chi connectivity index (χ0) is 44.6. The van der Waals surface area contributed by atoms with Crippen LogP contribution in [-0.4, -0.2) is 0 Å². The maximum atomic E-state index is 9.90. The minimum atomic E-state index is 0.00768. The van der Waals surface area contributed by atoms with Gasteiger partial charge in [0.25, 0.3) is 0 Å². The van der Waals surface area contributed by atoms with E-state index in [1.165, 1.54) is 27.1 Å². The number of nitrogens with zero attached hydrogens (tertiary/aromatic N) is 1. The van der Waals surface area contributed by atoms with Gasteiger partial charge in [-0.1, -0.05) is 212 Å². The highest BCUT2D eigenvalue weighted by Crippen LogP contribution is 2.45. The molecule has 63 heavy (non-hydrogen) atoms. The van der Waals surface area contributed by atoms with Crippen LogP contribution in [0.25, 0.3) is 88.3 Å². The summed E-state index contributed by atoms with van der Waals surface area (Å²) in [5, 5.41) is 4.79. The SMILES string of the molecule is [2H]c1c([2H])c(N(c2ccc(-c3cccc(-c4ccc5ccccc5c4)c3)cc2)c2ccc(-c3ccc4ccccc4c3-c3ccccc3)cc2)c(-c2ccccc2)c([2H])c1-c1ccccc1. The minimum Gasteiger partial charge on any atom is -0.310 e. The average molecular weight is 805 g/mol. The zero-order valence-corrected chi connectivity index (χ0v) is 34.5. The van der Waals surface area contributed by atoms with Crippen LogP contribution in [0.3, 0.4) is 0 Å². The maximum Gasteiger partial charge on any atom is 0.0645 e. The fourth-order valence-electron chi connectivity index (χ4n) is 8.81. The van der Waals surface area contributed by atoms with Gasteiger partial charge in [-0.05, 0) is 131 Å². The summed E-state index contributed by atoms with van der Waals surface area (Å²) in [6.45, 7) is 0. The van der Waals surface area contributed by atoms with Gasteiger partial charge in [-0.3, -0.25) is 0 Å². The summed E-state index contributed by atoms with van der Waals surface area (Å²) in [7, 11) is 0. The van der Waals surface area contributed by atoms with Crippen molar-refractivity contribution in [3.8, 4) is 66.8 Å². The van der Waals surface area contributed by atoms with E-state index in [0.29, 0.717) is 16.8 Å². The third-order valence-corrected chi connectivity index (χ3v) is 12.0. The van der Waals surface area contributed by atoms with Gasteiger partial charge in [0.1, 0.15) is 0 Å². The number of fused-ring (bicyclic) bond motifs is 2. The molecule has 0 aliphatic rings. The molecule has 0 spiro atoms. The van der Waals surface area contributed by atoms with Gasteiger partial charge in [-0.2, -0.15) is 0 Å². The summed E-state index contributed by atoms with van der Waals surface area (Å²) in [6, 6.07) is 83.9. The molecule has 0 aliphatic heterocycles. The lowest BCUT2D eigenvalue weighted by atomic mass is 9.89. The summed E-state index contributed by atoms with van der Waals surface area (Å²) >= 11 is 0. The van der Waals surface area contributed by atoms with Crippen molar-refractivity contribution < 1.29 is 4.11 Å². The highest BCUT2D eigenvalue weighted by Gasteiger charge is 2.20. The van der Waals surface area contributed by atoms with Crippen LogP contribution in [0.15, 0.2) is 261 Å². The predicted molar refractivity (Wildman–Crippen MR) is 269 cm³/mol. The maximum absolute atomic E-state index is 9.90. The molecule has 11 rings (SSSR count). The molecule has 0 radical (unpaired) electrons. The summed E-state index contributed by atoms with van der Waals surface area (Å²) in [5.41, 5.74) is 13.6. The number of benzene rings is 11. The highest BCUT2D eigenvalue weighted by atomic mass is 15.1. The van der Waals surface area contributed by atoms with Gasteiger partial charge in [0.2, 0.25) is 0 Å². The van der Waals surface area contributed by atoms with E-state index >= 15 is 0 Å². The van der Waals surface area contributed by atoms with Crippen LogP contribution in [0.4, 0.5) is 17.1 Å². The van der Waals surface area contributed by atoms with Gasteiger partial charge in [0.05, 0.1) is 9.80 Å². The standard InChI is InChI=1S/C62H43N/c1-4-15-44(16-5-1)55-34-40-61(60(43-55)47-18-6-2-7-19-47)63(56-35-29-46(30-36-56)52-24-14-25-53(41-52)54-28-27-45-17-10-11-23-51(45)42-54)57-37-31-49(32-38-57)59-39-33-48-20-12-13-26-58(48)62(59)50-21-8-3-9-22-50/h1-43H/i34D,40D,43D. The summed E-state index contributed by atoms with van der Waals surface area (Å²) in [5.74, 6) is 0. The molecule has 0 heterocycles. The number of rotatable bonds is 9. The van der Waals surface area contributed by atoms with Crippen molar-refractivity contribution >= 4 is 38.6 Å². The van der Waals surface area contributed by atoms with Gasteiger partial charge in [-0.15, -0.1) is 0 Å². The molecule has 0 atom stereocenters. The molecule has 1 heteroatoms. The second-order valence-corrected chi connectivity index (χ2v) is 15.9. The van der Waals surface area contributed by atoms with E-state index in [1.807, 2.05) is 60.7 Å². The van der Waals surface area contributed by atoms with Crippen LogP contribution in [0.5, 0.6) is 0 Å². The van der Waals surface area contributed by atoms with Crippen molar-refractivity contribution in [1.29, 1.82) is 0 Å². The Morgan fingerprint density at radius 1 is 0.286 bits per heavy atom. The molecule has 0 saturated carbocycles. The van der Waals surface area contributed by atoms with Crippen LogP contribution in [-0.2, 0) is 0 Å². The molecule has 0 fully saturated rings. The molecule has 0 amide bonds.